The summed E-state index contributed by atoms with van der Waals surface area (Å²) < 4.78 is 14.8. The lowest BCUT2D eigenvalue weighted by atomic mass is 9.91. The number of carbonyl (C=O) groups excluding carboxylic acids is 1. The molecule has 2 heterocycles. The summed E-state index contributed by atoms with van der Waals surface area (Å²) in [4.78, 5) is 12.8. The van der Waals surface area contributed by atoms with E-state index in [1.165, 1.54) is 70.6 Å². The van der Waals surface area contributed by atoms with Gasteiger partial charge in [0.25, 0.3) is 0 Å². The largest absolute Gasteiger partial charge is 0.392 e. The van der Waals surface area contributed by atoms with Crippen LogP contribution in [0.1, 0.15) is 133 Å². The normalized spacial score (nSPS) is 19.6. The summed E-state index contributed by atoms with van der Waals surface area (Å²) in [6, 6.07) is 15.7. The van der Waals surface area contributed by atoms with Gasteiger partial charge in [0, 0.05) is 36.4 Å². The van der Waals surface area contributed by atoms with Crippen LogP contribution >= 0.6 is 11.8 Å². The number of carbonyl (C=O) groups is 1. The zero-order valence-corrected chi connectivity index (χ0v) is 29.4. The molecule has 2 aromatic carbocycles. The average molecular weight is 666 g/mol. The Kier molecular flexibility index (Phi) is 16.2. The Hall–Kier alpha value is -2.79. The van der Waals surface area contributed by atoms with Gasteiger partial charge in [-0.25, -0.2) is 4.68 Å². The first-order chi connectivity index (χ1) is 23.0. The number of amides is 1. The van der Waals surface area contributed by atoms with Gasteiger partial charge in [0.05, 0.1) is 18.8 Å². The van der Waals surface area contributed by atoms with Crippen LogP contribution in [0.3, 0.4) is 0 Å². The van der Waals surface area contributed by atoms with Crippen molar-refractivity contribution in [3.05, 3.63) is 65.2 Å². The summed E-state index contributed by atoms with van der Waals surface area (Å²) in [5.74, 6) is 0.733. The first-order valence-electron chi connectivity index (χ1n) is 17.7. The lowest BCUT2D eigenvalue weighted by Crippen LogP contribution is -2.38. The highest BCUT2D eigenvalue weighted by Crippen LogP contribution is 2.43. The van der Waals surface area contributed by atoms with Gasteiger partial charge < -0.3 is 19.9 Å². The van der Waals surface area contributed by atoms with Crippen molar-refractivity contribution >= 4 is 23.4 Å². The van der Waals surface area contributed by atoms with Crippen molar-refractivity contribution in [1.82, 2.24) is 20.2 Å². The molecule has 1 fully saturated rings. The van der Waals surface area contributed by atoms with Crippen LogP contribution in [0.4, 0.5) is 5.69 Å². The molecule has 1 unspecified atom stereocenters. The van der Waals surface area contributed by atoms with Gasteiger partial charge in [-0.1, -0.05) is 139 Å². The summed E-state index contributed by atoms with van der Waals surface area (Å²) in [6.45, 7) is 4.40. The molecule has 47 heavy (non-hydrogen) atoms. The maximum absolute atomic E-state index is 12.8. The Morgan fingerprint density at radius 1 is 0.894 bits per heavy atom. The third-order valence-corrected chi connectivity index (χ3v) is 10.1. The number of hydrogen-bond acceptors (Lipinski definition) is 8. The number of tetrazole rings is 1. The molecule has 4 atom stereocenters. The van der Waals surface area contributed by atoms with Gasteiger partial charge in [0.1, 0.15) is 0 Å². The van der Waals surface area contributed by atoms with E-state index >= 15 is 0 Å². The maximum Gasteiger partial charge on any atom is 0.224 e. The minimum atomic E-state index is -0.616. The summed E-state index contributed by atoms with van der Waals surface area (Å²) in [7, 11) is 1.82. The number of ether oxygens (including phenoxy) is 2. The molecular weight excluding hydrogens is 611 g/mol. The minimum absolute atomic E-state index is 0.00400. The van der Waals surface area contributed by atoms with Gasteiger partial charge in [-0.15, -0.1) is 5.10 Å². The van der Waals surface area contributed by atoms with E-state index in [1.807, 2.05) is 55.6 Å². The topological polar surface area (TPSA) is 111 Å². The molecule has 2 N–H and O–H groups in total. The predicted octanol–water partition coefficient (Wildman–Crippen LogP) is 8.71. The van der Waals surface area contributed by atoms with Gasteiger partial charge in [0.2, 0.25) is 11.1 Å². The van der Waals surface area contributed by atoms with E-state index in [9.17, 15) is 9.90 Å². The number of rotatable bonds is 21. The van der Waals surface area contributed by atoms with E-state index < -0.39 is 6.29 Å². The van der Waals surface area contributed by atoms with Crippen molar-refractivity contribution in [2.45, 2.75) is 134 Å². The number of benzene rings is 2. The van der Waals surface area contributed by atoms with E-state index in [0.717, 1.165) is 40.4 Å². The first-order valence-corrected chi connectivity index (χ1v) is 18.7. The molecule has 1 amide bonds. The number of anilines is 1. The van der Waals surface area contributed by atoms with E-state index in [0.29, 0.717) is 12.2 Å². The number of aliphatic hydroxyl groups excluding tert-OH is 1. The van der Waals surface area contributed by atoms with Crippen LogP contribution in [0.15, 0.2) is 53.7 Å². The Morgan fingerprint density at radius 3 is 2.17 bits per heavy atom. The van der Waals surface area contributed by atoms with Crippen molar-refractivity contribution in [2.24, 2.45) is 13.0 Å². The molecule has 1 aliphatic rings. The molecule has 0 bridgehead atoms. The van der Waals surface area contributed by atoms with Crippen LogP contribution in [0, 0.1) is 5.92 Å². The number of thioether (sulfide) groups is 1. The second-order valence-corrected chi connectivity index (χ2v) is 13.9. The van der Waals surface area contributed by atoms with Gasteiger partial charge in [0.15, 0.2) is 6.29 Å². The Balaban J connectivity index is 1.26. The van der Waals surface area contributed by atoms with E-state index in [2.05, 4.69) is 34.7 Å². The fourth-order valence-electron chi connectivity index (χ4n) is 6.10. The molecule has 1 aromatic heterocycles. The first kappa shape index (κ1) is 37.0. The van der Waals surface area contributed by atoms with Crippen molar-refractivity contribution in [1.29, 1.82) is 0 Å². The average Bonchev–Trinajstić information content (AvgIpc) is 3.50. The molecule has 9 nitrogen and oxygen atoms in total. The zero-order valence-electron chi connectivity index (χ0n) is 28.6. The lowest BCUT2D eigenvalue weighted by molar-refractivity contribution is -0.268. The van der Waals surface area contributed by atoms with E-state index in [-0.39, 0.29) is 30.6 Å². The lowest BCUT2D eigenvalue weighted by Gasteiger charge is -2.41. The van der Waals surface area contributed by atoms with Crippen LogP contribution in [0.25, 0.3) is 0 Å². The number of aromatic nitrogens is 4. The molecule has 3 aromatic rings. The van der Waals surface area contributed by atoms with Crippen molar-refractivity contribution in [3.8, 4) is 0 Å². The van der Waals surface area contributed by atoms with Crippen molar-refractivity contribution < 1.29 is 19.4 Å². The highest BCUT2D eigenvalue weighted by molar-refractivity contribution is 7.99. The number of aryl methyl sites for hydroxylation is 1. The standard InChI is InChI=1S/C37H55N5O4S/c1-4-5-6-7-8-9-10-11-12-13-14-15-16-20-34(44)38-32-19-17-18-31(25-32)36-45-33(27-47-37-39-40-41-42(37)3)28(2)35(46-36)30-23-21-29(26-43)22-24-30/h17-19,21-25,28,33,35-36,43H,4-16,20,26-27H2,1-3H3,(H,38,44)/t28-,33+,35+,36?/m0/s1. The quantitative estimate of drug-likeness (QED) is 0.0859. The Morgan fingerprint density at radius 2 is 1.55 bits per heavy atom. The second kappa shape index (κ2) is 20.5. The van der Waals surface area contributed by atoms with Gasteiger partial charge in [-0.2, -0.15) is 0 Å². The van der Waals surface area contributed by atoms with Crippen molar-refractivity contribution in [3.63, 3.8) is 0 Å². The highest BCUT2D eigenvalue weighted by Gasteiger charge is 2.38. The molecule has 0 spiro atoms. The van der Waals surface area contributed by atoms with Gasteiger partial charge in [-0.05, 0) is 40.1 Å². The zero-order chi connectivity index (χ0) is 33.3. The van der Waals surface area contributed by atoms with Crippen molar-refractivity contribution in [2.75, 3.05) is 11.1 Å². The molecule has 258 valence electrons. The highest BCUT2D eigenvalue weighted by atomic mass is 32.2. The molecule has 1 aliphatic heterocycles. The second-order valence-electron chi connectivity index (χ2n) is 12.9. The Bertz CT molecular complexity index is 1320. The number of nitrogens with one attached hydrogen (secondary N) is 1. The fraction of sp³-hybridized carbons (Fsp3) is 0.622. The smallest absolute Gasteiger partial charge is 0.224 e. The number of hydrogen-bond donors (Lipinski definition) is 2. The molecule has 0 radical (unpaired) electrons. The maximum atomic E-state index is 12.8. The molecule has 1 saturated heterocycles. The fourth-order valence-corrected chi connectivity index (χ4v) is 7.11. The molecule has 10 heteroatoms. The third kappa shape index (κ3) is 12.3. The summed E-state index contributed by atoms with van der Waals surface area (Å²) in [5, 5.41) is 25.1. The molecule has 0 saturated carbocycles. The van der Waals surface area contributed by atoms with Gasteiger partial charge in [-0.3, -0.25) is 4.79 Å². The number of aliphatic hydroxyl groups is 1. The monoisotopic (exact) mass is 665 g/mol. The Labute approximate surface area is 285 Å². The molecular formula is C37H55N5O4S. The van der Waals surface area contributed by atoms with Gasteiger partial charge >= 0.3 is 0 Å². The molecule has 0 aliphatic carbocycles. The van der Waals surface area contributed by atoms with Crippen LogP contribution in [0.5, 0.6) is 0 Å². The van der Waals surface area contributed by atoms with Crippen LogP contribution in [0.2, 0.25) is 0 Å². The number of unbranched alkanes of at least 4 members (excludes halogenated alkanes) is 12. The van der Waals surface area contributed by atoms with Crippen LogP contribution in [-0.2, 0) is 27.9 Å². The van der Waals surface area contributed by atoms with E-state index in [4.69, 9.17) is 9.47 Å². The minimum Gasteiger partial charge on any atom is -0.392 e. The molecule has 4 rings (SSSR count). The van der Waals surface area contributed by atoms with Crippen LogP contribution in [-0.4, -0.2) is 43.1 Å². The SMILES string of the molecule is CCCCCCCCCCCCCCCC(=O)Nc1cccc(C2O[C@H](CSc3nnnn3C)[C@H](C)[C@H](c3ccc(CO)cc3)O2)c1. The van der Waals surface area contributed by atoms with E-state index in [1.54, 1.807) is 16.4 Å². The predicted molar refractivity (Wildman–Crippen MR) is 188 cm³/mol. The third-order valence-electron chi connectivity index (χ3n) is 9.03. The summed E-state index contributed by atoms with van der Waals surface area (Å²) in [5.41, 5.74) is 3.48. The summed E-state index contributed by atoms with van der Waals surface area (Å²) in [6.07, 6.45) is 16.3. The number of nitrogens with zero attached hydrogens (tertiary/aromatic N) is 4. The van der Waals surface area contributed by atoms with Crippen LogP contribution < -0.4 is 5.32 Å². The summed E-state index contributed by atoms with van der Waals surface area (Å²) >= 11 is 1.55.